The summed E-state index contributed by atoms with van der Waals surface area (Å²) < 4.78 is 6.92. The number of ether oxygens (including phenoxy) is 1. The molecular weight excluding hydrogens is 583 g/mol. The van der Waals surface area contributed by atoms with Gasteiger partial charge in [0, 0.05) is 27.9 Å². The normalized spacial score (nSPS) is 11.5. The van der Waals surface area contributed by atoms with Crippen molar-refractivity contribution < 1.29 is 4.74 Å². The second-order valence-corrected chi connectivity index (χ2v) is 12.1. The average molecular weight is 614 g/mol. The highest BCUT2D eigenvalue weighted by Gasteiger charge is 2.28. The average Bonchev–Trinajstić information content (AvgIpc) is 3.17. The topological polar surface area (TPSA) is 12.5 Å². The van der Waals surface area contributed by atoms with Gasteiger partial charge >= 0.3 is 0 Å². The summed E-state index contributed by atoms with van der Waals surface area (Å²) in [5.41, 5.74) is 12.4. The van der Waals surface area contributed by atoms with E-state index in [0.717, 1.165) is 56.0 Å². The lowest BCUT2D eigenvalue weighted by Crippen LogP contribution is -2.12. The van der Waals surface area contributed by atoms with Gasteiger partial charge in [0.25, 0.3) is 0 Å². The zero-order valence-corrected chi connectivity index (χ0v) is 26.3. The minimum absolute atomic E-state index is 0.873. The second kappa shape index (κ2) is 11.8. The molecule has 0 atom stereocenters. The van der Waals surface area contributed by atoms with Crippen molar-refractivity contribution in [2.45, 2.75) is 0 Å². The van der Waals surface area contributed by atoms with Crippen LogP contribution in [0.5, 0.6) is 11.5 Å². The number of nitrogens with zero attached hydrogens (tertiary/aromatic N) is 1. The molecule has 0 fully saturated rings. The fourth-order valence-electron chi connectivity index (χ4n) is 6.97. The van der Waals surface area contributed by atoms with Gasteiger partial charge in [-0.15, -0.1) is 0 Å². The van der Waals surface area contributed by atoms with E-state index in [4.69, 9.17) is 4.74 Å². The van der Waals surface area contributed by atoms with Gasteiger partial charge in [-0.2, -0.15) is 0 Å². The quantitative estimate of drug-likeness (QED) is 0.185. The zero-order valence-electron chi connectivity index (χ0n) is 26.3. The highest BCUT2D eigenvalue weighted by molar-refractivity contribution is 6.12. The predicted octanol–water partition coefficient (Wildman–Crippen LogP) is 13.1. The van der Waals surface area contributed by atoms with Crippen LogP contribution < -0.4 is 9.64 Å². The summed E-state index contributed by atoms with van der Waals surface area (Å²) in [5.74, 6) is 1.76. The maximum atomic E-state index is 6.92. The molecule has 2 heteroatoms. The first kappa shape index (κ1) is 27.9. The van der Waals surface area contributed by atoms with Crippen LogP contribution in [0.3, 0.4) is 0 Å². The molecule has 48 heavy (non-hydrogen) atoms. The Labute approximate surface area is 280 Å². The number of benzene rings is 8. The van der Waals surface area contributed by atoms with E-state index in [2.05, 4.69) is 187 Å². The Kier molecular flexibility index (Phi) is 6.84. The summed E-state index contributed by atoms with van der Waals surface area (Å²) >= 11 is 0. The summed E-state index contributed by atoms with van der Waals surface area (Å²) in [6, 6.07) is 66.8. The van der Waals surface area contributed by atoms with Gasteiger partial charge in [0.2, 0.25) is 0 Å². The Bertz CT molecular complexity index is 2300. The van der Waals surface area contributed by atoms with Gasteiger partial charge in [-0.05, 0) is 75.2 Å². The van der Waals surface area contributed by atoms with Crippen LogP contribution in [0, 0.1) is 0 Å². The Hall–Kier alpha value is -6.38. The lowest BCUT2D eigenvalue weighted by molar-refractivity contribution is 0.489. The third kappa shape index (κ3) is 4.83. The summed E-state index contributed by atoms with van der Waals surface area (Å²) in [7, 11) is 0. The fraction of sp³-hybridized carbons (Fsp3) is 0. The van der Waals surface area contributed by atoms with Gasteiger partial charge in [-0.25, -0.2) is 0 Å². The molecule has 0 saturated heterocycles. The molecule has 8 aromatic rings. The van der Waals surface area contributed by atoms with Crippen molar-refractivity contribution in [1.29, 1.82) is 0 Å². The lowest BCUT2D eigenvalue weighted by Gasteiger charge is -2.32. The van der Waals surface area contributed by atoms with Crippen LogP contribution in [-0.2, 0) is 0 Å². The van der Waals surface area contributed by atoms with Gasteiger partial charge in [0.1, 0.15) is 11.5 Å². The highest BCUT2D eigenvalue weighted by atomic mass is 16.5. The summed E-state index contributed by atoms with van der Waals surface area (Å²) in [6.07, 6.45) is 0. The molecule has 0 saturated carbocycles. The Morgan fingerprint density at radius 1 is 0.375 bits per heavy atom. The van der Waals surface area contributed by atoms with Crippen LogP contribution in [0.4, 0.5) is 17.1 Å². The summed E-state index contributed by atoms with van der Waals surface area (Å²) in [6.45, 7) is 0. The number of anilines is 3. The molecule has 226 valence electrons. The van der Waals surface area contributed by atoms with Crippen molar-refractivity contribution in [2.75, 3.05) is 4.90 Å². The molecule has 8 aromatic carbocycles. The molecule has 0 spiro atoms. The molecule has 0 amide bonds. The SMILES string of the molecule is c1ccc(-c2ccc(N(c3ccc(-c4ccccc4)cc3)c3cc4cccc5c4c(c3-c3ccccc3)Oc3ccccc3-5)cc2)cc1. The van der Waals surface area contributed by atoms with Gasteiger partial charge in [0.15, 0.2) is 0 Å². The molecule has 1 heterocycles. The van der Waals surface area contributed by atoms with E-state index < -0.39 is 0 Å². The van der Waals surface area contributed by atoms with E-state index in [9.17, 15) is 0 Å². The molecule has 0 bridgehead atoms. The fourth-order valence-corrected chi connectivity index (χ4v) is 6.97. The number of hydrogen-bond acceptors (Lipinski definition) is 2. The first-order valence-corrected chi connectivity index (χ1v) is 16.4. The van der Waals surface area contributed by atoms with E-state index in [0.29, 0.717) is 0 Å². The van der Waals surface area contributed by atoms with E-state index in [1.54, 1.807) is 0 Å². The van der Waals surface area contributed by atoms with Gasteiger partial charge in [-0.1, -0.05) is 152 Å². The molecule has 0 radical (unpaired) electrons. The Balaban J connectivity index is 1.30. The van der Waals surface area contributed by atoms with Crippen molar-refractivity contribution in [3.8, 4) is 56.0 Å². The van der Waals surface area contributed by atoms with E-state index >= 15 is 0 Å². The number of fused-ring (bicyclic) bond motifs is 2. The van der Waals surface area contributed by atoms with Crippen LogP contribution in [0.15, 0.2) is 188 Å². The van der Waals surface area contributed by atoms with Crippen molar-refractivity contribution in [2.24, 2.45) is 0 Å². The standard InChI is InChI=1S/C46H31NO/c1-4-13-32(14-5-1)34-23-27-38(28-24-34)47(39-29-25-35(26-30-39)33-15-6-2-7-16-33)42-31-37-19-12-21-41-40-20-10-11-22-43(40)48-46(44(37)41)45(42)36-17-8-3-9-18-36/h1-31H. The van der Waals surface area contributed by atoms with E-state index in [1.807, 2.05) is 6.07 Å². The van der Waals surface area contributed by atoms with Crippen LogP contribution in [0.25, 0.3) is 55.3 Å². The van der Waals surface area contributed by atoms with E-state index in [-0.39, 0.29) is 0 Å². The monoisotopic (exact) mass is 613 g/mol. The van der Waals surface area contributed by atoms with Gasteiger partial charge in [-0.3, -0.25) is 0 Å². The maximum absolute atomic E-state index is 6.92. The number of hydrogen-bond donors (Lipinski definition) is 0. The lowest BCUT2D eigenvalue weighted by atomic mass is 9.89. The molecule has 9 rings (SSSR count). The molecular formula is C46H31NO. The van der Waals surface area contributed by atoms with Gasteiger partial charge in [0.05, 0.1) is 5.69 Å². The van der Waals surface area contributed by atoms with Crippen LogP contribution in [0.1, 0.15) is 0 Å². The van der Waals surface area contributed by atoms with Crippen molar-refractivity contribution in [3.63, 3.8) is 0 Å². The smallest absolute Gasteiger partial charge is 0.145 e. The zero-order chi connectivity index (χ0) is 31.9. The molecule has 0 N–H and O–H groups in total. The van der Waals surface area contributed by atoms with Crippen LogP contribution >= 0.6 is 0 Å². The van der Waals surface area contributed by atoms with Crippen LogP contribution in [0.2, 0.25) is 0 Å². The highest BCUT2D eigenvalue weighted by Crippen LogP contribution is 2.55. The summed E-state index contributed by atoms with van der Waals surface area (Å²) in [5, 5.41) is 2.27. The first-order chi connectivity index (χ1) is 23.8. The molecule has 1 aliphatic heterocycles. The molecule has 2 nitrogen and oxygen atoms in total. The predicted molar refractivity (Wildman–Crippen MR) is 200 cm³/mol. The van der Waals surface area contributed by atoms with Crippen LogP contribution in [-0.4, -0.2) is 0 Å². The molecule has 0 unspecified atom stereocenters. The third-order valence-corrected chi connectivity index (χ3v) is 9.26. The Morgan fingerprint density at radius 2 is 0.854 bits per heavy atom. The van der Waals surface area contributed by atoms with Crippen molar-refractivity contribution >= 4 is 27.8 Å². The minimum Gasteiger partial charge on any atom is -0.455 e. The largest absolute Gasteiger partial charge is 0.455 e. The van der Waals surface area contributed by atoms with Crippen molar-refractivity contribution in [3.05, 3.63) is 188 Å². The van der Waals surface area contributed by atoms with E-state index in [1.165, 1.54) is 27.8 Å². The van der Waals surface area contributed by atoms with Gasteiger partial charge < -0.3 is 9.64 Å². The molecule has 0 aliphatic carbocycles. The molecule has 1 aliphatic rings. The maximum Gasteiger partial charge on any atom is 0.145 e. The first-order valence-electron chi connectivity index (χ1n) is 16.4. The second-order valence-electron chi connectivity index (χ2n) is 12.1. The van der Waals surface area contributed by atoms with Crippen molar-refractivity contribution in [1.82, 2.24) is 0 Å². The minimum atomic E-state index is 0.873. The Morgan fingerprint density at radius 3 is 1.44 bits per heavy atom. The number of rotatable bonds is 6. The summed E-state index contributed by atoms with van der Waals surface area (Å²) in [4.78, 5) is 2.37. The molecule has 0 aromatic heterocycles. The number of para-hydroxylation sites is 1. The third-order valence-electron chi connectivity index (χ3n) is 9.26.